The summed E-state index contributed by atoms with van der Waals surface area (Å²) in [6, 6.07) is 6.26. The van der Waals surface area contributed by atoms with Gasteiger partial charge in [-0.1, -0.05) is 30.4 Å². The van der Waals surface area contributed by atoms with Crippen LogP contribution in [-0.2, 0) is 14.8 Å². The van der Waals surface area contributed by atoms with Crippen LogP contribution in [0.5, 0.6) is 0 Å². The van der Waals surface area contributed by atoms with E-state index in [1.807, 2.05) is 0 Å². The first-order chi connectivity index (χ1) is 9.82. The standard InChI is InChI=1S/C13H17N3O3S2/c1-9(17)15-10-6-7-16(8-10)21(18,19)12-5-3-2-4-11(12)13(14)20/h2-5,10H,6-8H2,1H3,(H2,14,20)(H,15,17). The molecule has 1 amide bonds. The maximum absolute atomic E-state index is 12.7. The number of amides is 1. The third-order valence-electron chi connectivity index (χ3n) is 3.33. The molecule has 1 heterocycles. The van der Waals surface area contributed by atoms with E-state index >= 15 is 0 Å². The van der Waals surface area contributed by atoms with Crippen molar-refractivity contribution in [1.82, 2.24) is 9.62 Å². The van der Waals surface area contributed by atoms with Gasteiger partial charge in [0.25, 0.3) is 0 Å². The van der Waals surface area contributed by atoms with E-state index in [0.717, 1.165) is 0 Å². The van der Waals surface area contributed by atoms with Gasteiger partial charge in [-0.05, 0) is 12.5 Å². The Balaban J connectivity index is 2.28. The molecule has 1 saturated heterocycles. The molecule has 1 unspecified atom stereocenters. The third-order valence-corrected chi connectivity index (χ3v) is 5.47. The van der Waals surface area contributed by atoms with E-state index in [0.29, 0.717) is 18.5 Å². The summed E-state index contributed by atoms with van der Waals surface area (Å²) in [4.78, 5) is 11.2. The number of hydrogen-bond acceptors (Lipinski definition) is 4. The van der Waals surface area contributed by atoms with Gasteiger partial charge < -0.3 is 11.1 Å². The van der Waals surface area contributed by atoms with Crippen molar-refractivity contribution in [2.45, 2.75) is 24.3 Å². The Morgan fingerprint density at radius 3 is 2.71 bits per heavy atom. The van der Waals surface area contributed by atoms with Crippen LogP contribution in [0.3, 0.4) is 0 Å². The Kier molecular flexibility index (Phi) is 4.60. The largest absolute Gasteiger partial charge is 0.389 e. The second kappa shape index (κ2) is 6.08. The molecular weight excluding hydrogens is 310 g/mol. The highest BCUT2D eigenvalue weighted by molar-refractivity contribution is 7.89. The van der Waals surface area contributed by atoms with E-state index in [4.69, 9.17) is 18.0 Å². The number of nitrogens with zero attached hydrogens (tertiary/aromatic N) is 1. The number of thiocarbonyl (C=S) groups is 1. The van der Waals surface area contributed by atoms with Crippen molar-refractivity contribution in [2.24, 2.45) is 5.73 Å². The van der Waals surface area contributed by atoms with E-state index in [-0.39, 0.29) is 28.4 Å². The first-order valence-corrected chi connectivity index (χ1v) is 8.33. The van der Waals surface area contributed by atoms with Crippen LogP contribution in [0.4, 0.5) is 0 Å². The zero-order valence-corrected chi connectivity index (χ0v) is 13.2. The van der Waals surface area contributed by atoms with Gasteiger partial charge in [-0.3, -0.25) is 4.79 Å². The summed E-state index contributed by atoms with van der Waals surface area (Å²) in [6.45, 7) is 2.03. The van der Waals surface area contributed by atoms with Crippen molar-refractivity contribution >= 4 is 33.1 Å². The molecule has 0 saturated carbocycles. The molecule has 0 radical (unpaired) electrons. The Morgan fingerprint density at radius 1 is 1.43 bits per heavy atom. The molecule has 1 aliphatic heterocycles. The van der Waals surface area contributed by atoms with Crippen LogP contribution < -0.4 is 11.1 Å². The molecular formula is C13H17N3O3S2. The zero-order chi connectivity index (χ0) is 15.6. The first kappa shape index (κ1) is 15.9. The number of nitrogens with one attached hydrogen (secondary N) is 1. The van der Waals surface area contributed by atoms with Gasteiger partial charge in [0.15, 0.2) is 0 Å². The van der Waals surface area contributed by atoms with Crippen molar-refractivity contribution in [3.8, 4) is 0 Å². The Morgan fingerprint density at radius 2 is 2.10 bits per heavy atom. The number of rotatable bonds is 4. The summed E-state index contributed by atoms with van der Waals surface area (Å²) >= 11 is 4.91. The molecule has 1 atom stereocenters. The summed E-state index contributed by atoms with van der Waals surface area (Å²) in [7, 11) is -3.67. The zero-order valence-electron chi connectivity index (χ0n) is 11.6. The van der Waals surface area contributed by atoms with Gasteiger partial charge in [0.05, 0.1) is 4.90 Å². The Labute approximate surface area is 129 Å². The fraction of sp³-hybridized carbons (Fsp3) is 0.385. The number of carbonyl (C=O) groups excluding carboxylic acids is 1. The number of nitrogens with two attached hydrogens (primary N) is 1. The van der Waals surface area contributed by atoms with Crippen LogP contribution in [0.1, 0.15) is 18.9 Å². The normalized spacial score (nSPS) is 19.4. The number of hydrogen-bond donors (Lipinski definition) is 2. The predicted octanol–water partition coefficient (Wildman–Crippen LogP) is 0.220. The van der Waals surface area contributed by atoms with E-state index in [1.54, 1.807) is 18.2 Å². The van der Waals surface area contributed by atoms with Crippen LogP contribution in [0.15, 0.2) is 29.2 Å². The molecule has 8 heteroatoms. The molecule has 0 aromatic heterocycles. The monoisotopic (exact) mass is 327 g/mol. The van der Waals surface area contributed by atoms with Crippen molar-refractivity contribution in [3.05, 3.63) is 29.8 Å². The van der Waals surface area contributed by atoms with Crippen LogP contribution in [0, 0.1) is 0 Å². The topological polar surface area (TPSA) is 92.5 Å². The summed E-state index contributed by atoms with van der Waals surface area (Å²) in [5, 5.41) is 2.74. The molecule has 0 bridgehead atoms. The minimum Gasteiger partial charge on any atom is -0.389 e. The van der Waals surface area contributed by atoms with E-state index in [1.165, 1.54) is 17.3 Å². The SMILES string of the molecule is CC(=O)NC1CCN(S(=O)(=O)c2ccccc2C(N)=S)C1. The molecule has 1 fully saturated rings. The Bertz CT molecular complexity index is 673. The lowest BCUT2D eigenvalue weighted by Crippen LogP contribution is -2.37. The van der Waals surface area contributed by atoms with Crippen molar-refractivity contribution in [1.29, 1.82) is 0 Å². The lowest BCUT2D eigenvalue weighted by molar-refractivity contribution is -0.119. The molecule has 114 valence electrons. The summed E-state index contributed by atoms with van der Waals surface area (Å²) in [6.07, 6.45) is 0.591. The molecule has 21 heavy (non-hydrogen) atoms. The van der Waals surface area contributed by atoms with Gasteiger partial charge >= 0.3 is 0 Å². The molecule has 6 nitrogen and oxygen atoms in total. The number of sulfonamides is 1. The van der Waals surface area contributed by atoms with Crippen LogP contribution in [-0.4, -0.2) is 42.8 Å². The van der Waals surface area contributed by atoms with Crippen LogP contribution in [0.2, 0.25) is 0 Å². The van der Waals surface area contributed by atoms with E-state index in [9.17, 15) is 13.2 Å². The van der Waals surface area contributed by atoms with Gasteiger partial charge in [-0.25, -0.2) is 8.42 Å². The highest BCUT2D eigenvalue weighted by Gasteiger charge is 2.34. The Hall–Kier alpha value is -1.51. The molecule has 0 spiro atoms. The number of benzene rings is 1. The molecule has 1 aromatic carbocycles. The fourth-order valence-corrected chi connectivity index (χ4v) is 4.34. The van der Waals surface area contributed by atoms with Crippen LogP contribution >= 0.6 is 12.2 Å². The van der Waals surface area contributed by atoms with Gasteiger partial charge in [0, 0.05) is 31.6 Å². The minimum absolute atomic E-state index is 0.0479. The van der Waals surface area contributed by atoms with Gasteiger partial charge in [-0.15, -0.1) is 0 Å². The smallest absolute Gasteiger partial charge is 0.243 e. The summed E-state index contributed by atoms with van der Waals surface area (Å²) in [5.74, 6) is -0.164. The first-order valence-electron chi connectivity index (χ1n) is 6.48. The lowest BCUT2D eigenvalue weighted by atomic mass is 10.2. The third kappa shape index (κ3) is 3.39. The molecule has 1 aliphatic rings. The second-order valence-electron chi connectivity index (χ2n) is 4.91. The molecule has 0 aliphatic carbocycles. The maximum Gasteiger partial charge on any atom is 0.243 e. The molecule has 3 N–H and O–H groups in total. The quantitative estimate of drug-likeness (QED) is 0.772. The van der Waals surface area contributed by atoms with Crippen molar-refractivity contribution in [3.63, 3.8) is 0 Å². The van der Waals surface area contributed by atoms with Gasteiger partial charge in [0.2, 0.25) is 15.9 Å². The van der Waals surface area contributed by atoms with Crippen molar-refractivity contribution < 1.29 is 13.2 Å². The molecule has 2 rings (SSSR count). The lowest BCUT2D eigenvalue weighted by Gasteiger charge is -2.18. The average molecular weight is 327 g/mol. The average Bonchev–Trinajstić information content (AvgIpc) is 2.87. The van der Waals surface area contributed by atoms with Gasteiger partial charge in [0.1, 0.15) is 4.99 Å². The fourth-order valence-electron chi connectivity index (χ4n) is 2.39. The number of carbonyl (C=O) groups is 1. The van der Waals surface area contributed by atoms with E-state index < -0.39 is 10.0 Å². The summed E-state index contributed by atoms with van der Waals surface area (Å²) in [5.41, 5.74) is 5.94. The highest BCUT2D eigenvalue weighted by atomic mass is 32.2. The van der Waals surface area contributed by atoms with Gasteiger partial charge in [-0.2, -0.15) is 4.31 Å². The van der Waals surface area contributed by atoms with Crippen LogP contribution in [0.25, 0.3) is 0 Å². The summed E-state index contributed by atoms with van der Waals surface area (Å²) < 4.78 is 26.7. The van der Waals surface area contributed by atoms with E-state index in [2.05, 4.69) is 5.32 Å². The van der Waals surface area contributed by atoms with Crippen molar-refractivity contribution in [2.75, 3.05) is 13.1 Å². The second-order valence-corrected chi connectivity index (χ2v) is 7.26. The molecule has 1 aromatic rings. The highest BCUT2D eigenvalue weighted by Crippen LogP contribution is 2.24. The maximum atomic E-state index is 12.7. The minimum atomic E-state index is -3.67. The predicted molar refractivity (Wildman–Crippen MR) is 83.3 cm³/mol.